The van der Waals surface area contributed by atoms with Crippen molar-refractivity contribution in [3.05, 3.63) is 102 Å². The van der Waals surface area contributed by atoms with Gasteiger partial charge >= 0.3 is 0 Å². The van der Waals surface area contributed by atoms with Gasteiger partial charge in [0.2, 0.25) is 11.8 Å². The molecule has 0 radical (unpaired) electrons. The van der Waals surface area contributed by atoms with Crippen molar-refractivity contribution in [2.75, 3.05) is 33.3 Å². The summed E-state index contributed by atoms with van der Waals surface area (Å²) < 4.78 is 5.26. The number of carbonyl (C=O) groups excluding carboxylic acids is 2. The summed E-state index contributed by atoms with van der Waals surface area (Å²) in [6, 6.07) is 28.1. The molecule has 6 nitrogen and oxygen atoms in total. The summed E-state index contributed by atoms with van der Waals surface area (Å²) in [5.41, 5.74) is 3.06. The minimum absolute atomic E-state index is 0.0682. The topological polar surface area (TPSA) is 61.9 Å². The van der Waals surface area contributed by atoms with E-state index in [1.165, 1.54) is 0 Å². The van der Waals surface area contributed by atoms with Crippen molar-refractivity contribution >= 4 is 11.8 Å². The van der Waals surface area contributed by atoms with Gasteiger partial charge in [-0.3, -0.25) is 9.59 Å². The van der Waals surface area contributed by atoms with Crippen LogP contribution < -0.4 is 10.1 Å². The fraction of sp³-hybridized carbons (Fsp3) is 0.394. The predicted molar refractivity (Wildman–Crippen MR) is 153 cm³/mol. The molecule has 204 valence electrons. The van der Waals surface area contributed by atoms with Crippen LogP contribution in [0.25, 0.3) is 0 Å². The third-order valence-corrected chi connectivity index (χ3v) is 8.51. The van der Waals surface area contributed by atoms with E-state index in [-0.39, 0.29) is 17.2 Å². The Morgan fingerprint density at radius 2 is 1.51 bits per heavy atom. The molecule has 3 aromatic rings. The highest BCUT2D eigenvalue weighted by Gasteiger charge is 2.47. The monoisotopic (exact) mass is 525 g/mol. The SMILES string of the molecule is COc1ccc(CN2CCC3(CCN(CCC(C(=O)NCc4ccccc4)c4ccccc4)CC3)C2=O)cc1. The summed E-state index contributed by atoms with van der Waals surface area (Å²) in [5, 5.41) is 3.15. The first kappa shape index (κ1) is 26.9. The molecule has 1 unspecified atom stereocenters. The van der Waals surface area contributed by atoms with Crippen molar-refractivity contribution in [2.24, 2.45) is 5.41 Å². The highest BCUT2D eigenvalue weighted by atomic mass is 16.5. The van der Waals surface area contributed by atoms with Crippen LogP contribution in [0.3, 0.4) is 0 Å². The number of likely N-dealkylation sites (tertiary alicyclic amines) is 2. The molecule has 39 heavy (non-hydrogen) atoms. The molecule has 0 saturated carbocycles. The van der Waals surface area contributed by atoms with Crippen LogP contribution in [0.5, 0.6) is 5.75 Å². The molecule has 3 aromatic carbocycles. The van der Waals surface area contributed by atoms with Crippen molar-refractivity contribution in [2.45, 2.75) is 44.7 Å². The van der Waals surface area contributed by atoms with E-state index < -0.39 is 0 Å². The van der Waals surface area contributed by atoms with Gasteiger partial charge in [0.25, 0.3) is 0 Å². The molecule has 2 saturated heterocycles. The average molecular weight is 526 g/mol. The molecule has 2 aliphatic heterocycles. The lowest BCUT2D eigenvalue weighted by molar-refractivity contribution is -0.138. The zero-order valence-electron chi connectivity index (χ0n) is 22.9. The highest BCUT2D eigenvalue weighted by molar-refractivity contribution is 5.85. The summed E-state index contributed by atoms with van der Waals surface area (Å²) >= 11 is 0. The molecule has 2 amide bonds. The molecule has 1 N–H and O–H groups in total. The number of piperidine rings is 1. The smallest absolute Gasteiger partial charge is 0.229 e. The molecule has 1 spiro atoms. The molecule has 2 aliphatic rings. The Morgan fingerprint density at radius 1 is 0.872 bits per heavy atom. The number of amides is 2. The minimum Gasteiger partial charge on any atom is -0.497 e. The van der Waals surface area contributed by atoms with E-state index in [4.69, 9.17) is 4.74 Å². The van der Waals surface area contributed by atoms with E-state index in [1.54, 1.807) is 7.11 Å². The molecule has 0 aromatic heterocycles. The summed E-state index contributed by atoms with van der Waals surface area (Å²) in [5.74, 6) is 1.01. The molecule has 0 bridgehead atoms. The van der Waals surface area contributed by atoms with Gasteiger partial charge in [-0.05, 0) is 74.1 Å². The van der Waals surface area contributed by atoms with E-state index in [9.17, 15) is 9.59 Å². The van der Waals surface area contributed by atoms with E-state index in [2.05, 4.69) is 10.2 Å². The van der Waals surface area contributed by atoms with Crippen LogP contribution in [0, 0.1) is 5.41 Å². The lowest BCUT2D eigenvalue weighted by atomic mass is 9.77. The number of carbonyl (C=O) groups is 2. The van der Waals surface area contributed by atoms with Crippen molar-refractivity contribution in [1.82, 2.24) is 15.1 Å². The second-order valence-corrected chi connectivity index (χ2v) is 10.9. The zero-order valence-corrected chi connectivity index (χ0v) is 22.9. The molecule has 0 aliphatic carbocycles. The third kappa shape index (κ3) is 6.51. The Kier molecular flexibility index (Phi) is 8.62. The third-order valence-electron chi connectivity index (χ3n) is 8.51. The van der Waals surface area contributed by atoms with Gasteiger partial charge in [0.1, 0.15) is 5.75 Å². The molecule has 5 rings (SSSR count). The van der Waals surface area contributed by atoms with E-state index in [0.29, 0.717) is 19.0 Å². The maximum Gasteiger partial charge on any atom is 0.229 e. The molecule has 2 heterocycles. The van der Waals surface area contributed by atoms with Gasteiger partial charge in [-0.25, -0.2) is 0 Å². The Balaban J connectivity index is 1.14. The molecule has 1 atom stereocenters. The maximum absolute atomic E-state index is 13.5. The van der Waals surface area contributed by atoms with Crippen molar-refractivity contribution in [3.63, 3.8) is 0 Å². The summed E-state index contributed by atoms with van der Waals surface area (Å²) in [4.78, 5) is 31.2. The number of hydrogen-bond acceptors (Lipinski definition) is 4. The second-order valence-electron chi connectivity index (χ2n) is 10.9. The molecular formula is C33H39N3O3. The van der Waals surface area contributed by atoms with Gasteiger partial charge in [0.05, 0.1) is 18.4 Å². The van der Waals surface area contributed by atoms with Gasteiger partial charge < -0.3 is 19.9 Å². The standard InChI is InChI=1S/C33H39N3O3/c1-39-29-14-12-27(13-15-29)25-36-23-19-33(32(36)38)17-21-35(22-18-33)20-16-30(28-10-6-3-7-11-28)31(37)34-24-26-8-4-2-5-9-26/h2-15,30H,16-25H2,1H3,(H,34,37). The van der Waals surface area contributed by atoms with E-state index in [1.807, 2.05) is 89.8 Å². The Bertz CT molecular complexity index is 1220. The number of benzene rings is 3. The number of nitrogens with zero attached hydrogens (tertiary/aromatic N) is 2. The molecule has 6 heteroatoms. The first-order chi connectivity index (χ1) is 19.1. The van der Waals surface area contributed by atoms with Gasteiger partial charge in [-0.2, -0.15) is 0 Å². The van der Waals surface area contributed by atoms with Crippen LogP contribution in [0.4, 0.5) is 0 Å². The Morgan fingerprint density at radius 3 is 2.18 bits per heavy atom. The number of hydrogen-bond donors (Lipinski definition) is 1. The lowest BCUT2D eigenvalue weighted by Gasteiger charge is -2.38. The lowest BCUT2D eigenvalue weighted by Crippen LogP contribution is -2.45. The van der Waals surface area contributed by atoms with Crippen molar-refractivity contribution in [3.8, 4) is 5.75 Å². The van der Waals surface area contributed by atoms with Crippen LogP contribution in [0.15, 0.2) is 84.9 Å². The van der Waals surface area contributed by atoms with Crippen molar-refractivity contribution in [1.29, 1.82) is 0 Å². The number of rotatable bonds is 10. The van der Waals surface area contributed by atoms with E-state index in [0.717, 1.165) is 74.3 Å². The quantitative estimate of drug-likeness (QED) is 0.405. The molecule has 2 fully saturated rings. The first-order valence-corrected chi connectivity index (χ1v) is 14.1. The average Bonchev–Trinajstić information content (AvgIpc) is 3.28. The fourth-order valence-corrected chi connectivity index (χ4v) is 6.02. The second kappa shape index (κ2) is 12.5. The van der Waals surface area contributed by atoms with Crippen LogP contribution in [0.2, 0.25) is 0 Å². The van der Waals surface area contributed by atoms with E-state index >= 15 is 0 Å². The minimum atomic E-state index is -0.227. The van der Waals surface area contributed by atoms with Crippen LogP contribution in [0.1, 0.15) is 48.3 Å². The fourth-order valence-electron chi connectivity index (χ4n) is 6.02. The highest BCUT2D eigenvalue weighted by Crippen LogP contribution is 2.42. The van der Waals surface area contributed by atoms with Gasteiger partial charge in [-0.15, -0.1) is 0 Å². The normalized spacial score (nSPS) is 17.8. The maximum atomic E-state index is 13.5. The summed E-state index contributed by atoms with van der Waals surface area (Å²) in [6.07, 6.45) is 3.47. The number of methoxy groups -OCH3 is 1. The molecular weight excluding hydrogens is 486 g/mol. The number of nitrogens with one attached hydrogen (secondary N) is 1. The predicted octanol–water partition coefficient (Wildman–Crippen LogP) is 5.00. The summed E-state index contributed by atoms with van der Waals surface area (Å²) in [7, 11) is 1.66. The van der Waals surface area contributed by atoms with Crippen LogP contribution >= 0.6 is 0 Å². The Labute approximate surface area is 232 Å². The van der Waals surface area contributed by atoms with Crippen molar-refractivity contribution < 1.29 is 14.3 Å². The van der Waals surface area contributed by atoms with Crippen LogP contribution in [-0.4, -0.2) is 54.9 Å². The van der Waals surface area contributed by atoms with Crippen LogP contribution in [-0.2, 0) is 22.7 Å². The largest absolute Gasteiger partial charge is 0.497 e. The van der Waals surface area contributed by atoms with Gasteiger partial charge in [0, 0.05) is 19.6 Å². The zero-order chi connectivity index (χ0) is 27.1. The Hall–Kier alpha value is -3.64. The first-order valence-electron chi connectivity index (χ1n) is 14.1. The van der Waals surface area contributed by atoms with Gasteiger partial charge in [0.15, 0.2) is 0 Å². The number of ether oxygens (including phenoxy) is 1. The van der Waals surface area contributed by atoms with Gasteiger partial charge in [-0.1, -0.05) is 72.8 Å². The summed E-state index contributed by atoms with van der Waals surface area (Å²) in [6.45, 7) is 4.65.